The zero-order chi connectivity index (χ0) is 19.9. The van der Waals surface area contributed by atoms with Crippen LogP contribution in [-0.4, -0.2) is 60.0 Å². The molecule has 1 saturated carbocycles. The summed E-state index contributed by atoms with van der Waals surface area (Å²) in [5.41, 5.74) is 0.438. The summed E-state index contributed by atoms with van der Waals surface area (Å²) in [5, 5.41) is 0. The highest BCUT2D eigenvalue weighted by Gasteiger charge is 2.53. The maximum absolute atomic E-state index is 13.2. The Labute approximate surface area is 165 Å². The fourth-order valence-corrected chi connectivity index (χ4v) is 4.77. The molecule has 3 aliphatic rings. The molecule has 4 rings (SSSR count). The highest BCUT2D eigenvalue weighted by atomic mass is 19.1. The maximum atomic E-state index is 13.2. The molecule has 1 aromatic carbocycles. The second-order valence-electron chi connectivity index (χ2n) is 8.66. The molecular formula is C22H29FN2O3. The third-order valence-corrected chi connectivity index (χ3v) is 6.42. The predicted molar refractivity (Wildman–Crippen MR) is 103 cm³/mol. The van der Waals surface area contributed by atoms with Crippen LogP contribution in [0.25, 0.3) is 0 Å². The Balaban J connectivity index is 1.36. The summed E-state index contributed by atoms with van der Waals surface area (Å²) in [6.07, 6.45) is 3.20. The van der Waals surface area contributed by atoms with Crippen LogP contribution >= 0.6 is 0 Å². The average Bonchev–Trinajstić information content (AvgIpc) is 3.49. The van der Waals surface area contributed by atoms with Crippen molar-refractivity contribution in [1.29, 1.82) is 0 Å². The van der Waals surface area contributed by atoms with Crippen LogP contribution in [0.1, 0.15) is 45.1 Å². The first-order valence-electron chi connectivity index (χ1n) is 10.4. The van der Waals surface area contributed by atoms with Gasteiger partial charge in [-0.25, -0.2) is 4.39 Å². The molecule has 28 heavy (non-hydrogen) atoms. The smallest absolute Gasteiger partial charge is 0.233 e. The summed E-state index contributed by atoms with van der Waals surface area (Å²) in [6.45, 7) is 6.54. The van der Waals surface area contributed by atoms with E-state index < -0.39 is 5.41 Å². The molecule has 0 N–H and O–H groups in total. The van der Waals surface area contributed by atoms with E-state index in [-0.39, 0.29) is 35.8 Å². The first kappa shape index (κ1) is 19.4. The number of nitrogens with zero attached hydrogens (tertiary/aromatic N) is 2. The van der Waals surface area contributed by atoms with Crippen molar-refractivity contribution in [2.45, 2.75) is 57.2 Å². The minimum atomic E-state index is -0.473. The molecule has 5 nitrogen and oxygen atoms in total. The molecule has 2 amide bonds. The van der Waals surface area contributed by atoms with Gasteiger partial charge in [0.1, 0.15) is 5.82 Å². The summed E-state index contributed by atoms with van der Waals surface area (Å²) in [7, 11) is 0. The van der Waals surface area contributed by atoms with Crippen LogP contribution < -0.4 is 0 Å². The van der Waals surface area contributed by atoms with Gasteiger partial charge in [0.05, 0.1) is 17.6 Å². The van der Waals surface area contributed by atoms with E-state index in [0.29, 0.717) is 39.0 Å². The highest BCUT2D eigenvalue weighted by Crippen LogP contribution is 2.50. The van der Waals surface area contributed by atoms with Crippen molar-refractivity contribution in [2.75, 3.05) is 26.2 Å². The van der Waals surface area contributed by atoms with Gasteiger partial charge in [-0.05, 0) is 57.2 Å². The summed E-state index contributed by atoms with van der Waals surface area (Å²) >= 11 is 0. The highest BCUT2D eigenvalue weighted by molar-refractivity contribution is 5.91. The number of rotatable bonds is 3. The molecule has 2 heterocycles. The van der Waals surface area contributed by atoms with E-state index in [2.05, 4.69) is 0 Å². The first-order chi connectivity index (χ1) is 13.4. The topological polar surface area (TPSA) is 49.9 Å². The van der Waals surface area contributed by atoms with Crippen molar-refractivity contribution in [1.82, 2.24) is 9.80 Å². The Morgan fingerprint density at radius 3 is 2.11 bits per heavy atom. The van der Waals surface area contributed by atoms with E-state index in [1.165, 1.54) is 12.1 Å². The molecule has 2 saturated heterocycles. The number of carbonyl (C=O) groups excluding carboxylic acids is 2. The van der Waals surface area contributed by atoms with Gasteiger partial charge in [-0.1, -0.05) is 12.1 Å². The third-order valence-electron chi connectivity index (χ3n) is 6.42. The number of hydrogen-bond donors (Lipinski definition) is 0. The number of hydrogen-bond acceptors (Lipinski definition) is 3. The zero-order valence-electron chi connectivity index (χ0n) is 16.7. The molecule has 0 bridgehead atoms. The quantitative estimate of drug-likeness (QED) is 0.800. The van der Waals surface area contributed by atoms with Gasteiger partial charge in [-0.2, -0.15) is 0 Å². The fraction of sp³-hybridized carbons (Fsp3) is 0.636. The number of likely N-dealkylation sites (tertiary alicyclic amines) is 1. The van der Waals surface area contributed by atoms with E-state index in [4.69, 9.17) is 4.74 Å². The molecule has 0 spiro atoms. The number of carbonyl (C=O) groups is 2. The van der Waals surface area contributed by atoms with E-state index in [9.17, 15) is 14.0 Å². The lowest BCUT2D eigenvalue weighted by Gasteiger charge is -2.39. The van der Waals surface area contributed by atoms with Crippen molar-refractivity contribution >= 4 is 11.8 Å². The van der Waals surface area contributed by atoms with Gasteiger partial charge >= 0.3 is 0 Å². The molecule has 6 heteroatoms. The number of morpholine rings is 1. The third kappa shape index (κ3) is 3.66. The van der Waals surface area contributed by atoms with Crippen molar-refractivity contribution in [2.24, 2.45) is 5.92 Å². The average molecular weight is 388 g/mol. The minimum Gasteiger partial charge on any atom is -0.372 e. The van der Waals surface area contributed by atoms with Crippen LogP contribution in [0.15, 0.2) is 24.3 Å². The summed E-state index contributed by atoms with van der Waals surface area (Å²) in [4.78, 5) is 29.9. The monoisotopic (exact) mass is 388 g/mol. The Morgan fingerprint density at radius 2 is 1.57 bits per heavy atom. The second-order valence-corrected chi connectivity index (χ2v) is 8.66. The number of benzene rings is 1. The molecule has 152 valence electrons. The molecule has 1 aromatic rings. The van der Waals surface area contributed by atoms with E-state index >= 15 is 0 Å². The van der Waals surface area contributed by atoms with Crippen LogP contribution in [0.2, 0.25) is 0 Å². The van der Waals surface area contributed by atoms with E-state index in [1.807, 2.05) is 23.6 Å². The van der Waals surface area contributed by atoms with Crippen molar-refractivity contribution in [3.63, 3.8) is 0 Å². The first-order valence-corrected chi connectivity index (χ1v) is 10.4. The number of ether oxygens (including phenoxy) is 1. The van der Waals surface area contributed by atoms with Crippen molar-refractivity contribution < 1.29 is 18.7 Å². The Kier molecular flexibility index (Phi) is 5.17. The zero-order valence-corrected chi connectivity index (χ0v) is 16.7. The van der Waals surface area contributed by atoms with E-state index in [0.717, 1.165) is 18.4 Å². The maximum Gasteiger partial charge on any atom is 0.233 e. The minimum absolute atomic E-state index is 0.0116. The molecule has 0 aromatic heterocycles. The van der Waals surface area contributed by atoms with Crippen LogP contribution in [0.4, 0.5) is 4.39 Å². The summed E-state index contributed by atoms with van der Waals surface area (Å²) < 4.78 is 19.0. The van der Waals surface area contributed by atoms with Crippen LogP contribution in [0.3, 0.4) is 0 Å². The normalized spacial score (nSPS) is 27.5. The van der Waals surface area contributed by atoms with Gasteiger partial charge in [0, 0.05) is 32.1 Å². The number of amides is 2. The standard InChI is InChI=1S/C22H29FN2O3/c1-15-13-25(14-16(2)28-15)20(26)17-7-11-24(12-8-17)21(27)22(9-10-22)18-3-5-19(23)6-4-18/h3-6,15-17H,7-14H2,1-2H3. The number of piperidine rings is 1. The summed E-state index contributed by atoms with van der Waals surface area (Å²) in [5.74, 6) is 0.0491. The molecule has 0 radical (unpaired) electrons. The van der Waals surface area contributed by atoms with Crippen LogP contribution in [-0.2, 0) is 19.7 Å². The van der Waals surface area contributed by atoms with Crippen LogP contribution in [0, 0.1) is 11.7 Å². The van der Waals surface area contributed by atoms with Gasteiger partial charge in [-0.15, -0.1) is 0 Å². The van der Waals surface area contributed by atoms with Crippen LogP contribution in [0.5, 0.6) is 0 Å². The lowest BCUT2D eigenvalue weighted by atomic mass is 9.90. The lowest BCUT2D eigenvalue weighted by Crippen LogP contribution is -2.52. The van der Waals surface area contributed by atoms with E-state index in [1.54, 1.807) is 12.1 Å². The molecule has 2 aliphatic heterocycles. The number of halogens is 1. The fourth-order valence-electron chi connectivity index (χ4n) is 4.77. The van der Waals surface area contributed by atoms with Gasteiger partial charge in [0.15, 0.2) is 0 Å². The lowest BCUT2D eigenvalue weighted by molar-refractivity contribution is -0.150. The predicted octanol–water partition coefficient (Wildman–Crippen LogP) is 2.73. The molecule has 2 unspecified atom stereocenters. The Bertz CT molecular complexity index is 729. The molecular weight excluding hydrogens is 359 g/mol. The van der Waals surface area contributed by atoms with Crippen molar-refractivity contribution in [3.05, 3.63) is 35.6 Å². The van der Waals surface area contributed by atoms with Gasteiger partial charge in [-0.3, -0.25) is 9.59 Å². The SMILES string of the molecule is CC1CN(C(=O)C2CCN(C(=O)C3(c4ccc(F)cc4)CC3)CC2)CC(C)O1. The van der Waals surface area contributed by atoms with Gasteiger partial charge < -0.3 is 14.5 Å². The Hall–Kier alpha value is -1.95. The van der Waals surface area contributed by atoms with Crippen molar-refractivity contribution in [3.8, 4) is 0 Å². The largest absolute Gasteiger partial charge is 0.372 e. The van der Waals surface area contributed by atoms with Gasteiger partial charge in [0.25, 0.3) is 0 Å². The molecule has 2 atom stereocenters. The Morgan fingerprint density at radius 1 is 1.00 bits per heavy atom. The van der Waals surface area contributed by atoms with Gasteiger partial charge in [0.2, 0.25) is 11.8 Å². The molecule has 1 aliphatic carbocycles. The molecule has 3 fully saturated rings. The second kappa shape index (κ2) is 7.47. The summed E-state index contributed by atoms with van der Waals surface area (Å²) in [6, 6.07) is 6.32.